The van der Waals surface area contributed by atoms with Gasteiger partial charge in [-0.05, 0) is 18.2 Å². The molecule has 0 saturated carbocycles. The molecule has 0 radical (unpaired) electrons. The lowest BCUT2D eigenvalue weighted by molar-refractivity contribution is 1.05. The topological polar surface area (TPSA) is 75.7 Å². The highest BCUT2D eigenvalue weighted by molar-refractivity contribution is 7.99. The third-order valence-electron chi connectivity index (χ3n) is 1.99. The molecule has 0 bridgehead atoms. The highest BCUT2D eigenvalue weighted by Gasteiger charge is 2.08. The van der Waals surface area contributed by atoms with Crippen molar-refractivity contribution in [1.82, 2.24) is 9.97 Å². The van der Waals surface area contributed by atoms with Crippen molar-refractivity contribution in [1.29, 1.82) is 5.41 Å². The summed E-state index contributed by atoms with van der Waals surface area (Å²) >= 11 is 7.30. The van der Waals surface area contributed by atoms with Crippen LogP contribution in [0.2, 0.25) is 5.02 Å². The van der Waals surface area contributed by atoms with Crippen molar-refractivity contribution in [2.24, 2.45) is 5.73 Å². The Morgan fingerprint density at radius 1 is 1.35 bits per heavy atom. The van der Waals surface area contributed by atoms with Crippen LogP contribution >= 0.6 is 23.4 Å². The Balaban J connectivity index is 2.37. The molecule has 0 unspecified atom stereocenters. The van der Waals surface area contributed by atoms with Crippen molar-refractivity contribution in [3.8, 4) is 0 Å². The molecule has 3 N–H and O–H groups in total. The van der Waals surface area contributed by atoms with Gasteiger partial charge < -0.3 is 5.73 Å². The van der Waals surface area contributed by atoms with Crippen LogP contribution in [0.5, 0.6) is 0 Å². The standard InChI is InChI=1S/C11H9ClN4S/c12-7-1-2-8(11(13)14)9(5-7)17-10-6-15-3-4-16-10/h1-6H,(H3,13,14). The predicted octanol–water partition coefficient (Wildman–Crippen LogP) is 2.57. The fraction of sp³-hybridized carbons (Fsp3) is 0. The first kappa shape index (κ1) is 11.9. The second-order valence-corrected chi connectivity index (χ2v) is 4.70. The van der Waals surface area contributed by atoms with Gasteiger partial charge in [-0.15, -0.1) is 0 Å². The van der Waals surface area contributed by atoms with Gasteiger partial charge in [0.05, 0.1) is 6.20 Å². The van der Waals surface area contributed by atoms with Crippen molar-refractivity contribution in [2.75, 3.05) is 0 Å². The zero-order valence-electron chi connectivity index (χ0n) is 8.72. The Kier molecular flexibility index (Phi) is 3.61. The summed E-state index contributed by atoms with van der Waals surface area (Å²) in [7, 11) is 0. The Labute approximate surface area is 108 Å². The number of aromatic nitrogens is 2. The van der Waals surface area contributed by atoms with Gasteiger partial charge in [0, 0.05) is 27.9 Å². The molecule has 17 heavy (non-hydrogen) atoms. The van der Waals surface area contributed by atoms with E-state index < -0.39 is 0 Å². The molecule has 2 aromatic rings. The molecule has 0 fully saturated rings. The average Bonchev–Trinajstić information content (AvgIpc) is 2.30. The fourth-order valence-corrected chi connectivity index (χ4v) is 2.42. The lowest BCUT2D eigenvalue weighted by Crippen LogP contribution is -2.12. The molecule has 1 aromatic heterocycles. The van der Waals surface area contributed by atoms with E-state index in [1.54, 1.807) is 36.8 Å². The Hall–Kier alpha value is -1.59. The summed E-state index contributed by atoms with van der Waals surface area (Å²) in [6.45, 7) is 0. The summed E-state index contributed by atoms with van der Waals surface area (Å²) < 4.78 is 0. The van der Waals surface area contributed by atoms with Gasteiger partial charge in [-0.2, -0.15) is 0 Å². The molecule has 0 saturated heterocycles. The maximum Gasteiger partial charge on any atom is 0.123 e. The minimum absolute atomic E-state index is 0.00746. The van der Waals surface area contributed by atoms with Gasteiger partial charge in [-0.25, -0.2) is 4.98 Å². The smallest absolute Gasteiger partial charge is 0.123 e. The molecule has 1 aromatic carbocycles. The number of hydrogen-bond donors (Lipinski definition) is 2. The van der Waals surface area contributed by atoms with Crippen LogP contribution in [0.15, 0.2) is 46.7 Å². The first-order valence-corrected chi connectivity index (χ1v) is 5.94. The van der Waals surface area contributed by atoms with E-state index in [1.165, 1.54) is 11.8 Å². The molecule has 0 atom stereocenters. The van der Waals surface area contributed by atoms with Crippen molar-refractivity contribution in [3.63, 3.8) is 0 Å². The molecule has 6 heteroatoms. The van der Waals surface area contributed by atoms with E-state index in [0.29, 0.717) is 10.6 Å². The highest BCUT2D eigenvalue weighted by atomic mass is 35.5. The minimum Gasteiger partial charge on any atom is -0.384 e. The molecule has 0 spiro atoms. The number of nitrogens with one attached hydrogen (secondary N) is 1. The van der Waals surface area contributed by atoms with Crippen molar-refractivity contribution in [2.45, 2.75) is 9.92 Å². The molecule has 2 rings (SSSR count). The van der Waals surface area contributed by atoms with Crippen LogP contribution < -0.4 is 5.73 Å². The number of nitrogen functional groups attached to an aromatic ring is 1. The second kappa shape index (κ2) is 5.16. The Bertz CT molecular complexity index is 544. The zero-order chi connectivity index (χ0) is 12.3. The van der Waals surface area contributed by atoms with E-state index in [4.69, 9.17) is 22.7 Å². The van der Waals surface area contributed by atoms with Gasteiger partial charge in [-0.3, -0.25) is 10.4 Å². The lowest BCUT2D eigenvalue weighted by atomic mass is 10.2. The molecule has 0 amide bonds. The summed E-state index contributed by atoms with van der Waals surface area (Å²) in [4.78, 5) is 8.92. The number of hydrogen-bond acceptors (Lipinski definition) is 4. The van der Waals surface area contributed by atoms with Crippen LogP contribution in [-0.4, -0.2) is 15.8 Å². The quantitative estimate of drug-likeness (QED) is 0.660. The zero-order valence-corrected chi connectivity index (χ0v) is 10.3. The summed E-state index contributed by atoms with van der Waals surface area (Å²) in [5.41, 5.74) is 6.15. The van der Waals surface area contributed by atoms with Crippen LogP contribution in [0.1, 0.15) is 5.56 Å². The Morgan fingerprint density at radius 2 is 2.18 bits per heavy atom. The van der Waals surface area contributed by atoms with Crippen LogP contribution in [-0.2, 0) is 0 Å². The van der Waals surface area contributed by atoms with E-state index in [1.807, 2.05) is 0 Å². The number of rotatable bonds is 3. The predicted molar refractivity (Wildman–Crippen MR) is 68.6 cm³/mol. The molecular weight excluding hydrogens is 256 g/mol. The first-order chi connectivity index (χ1) is 8.16. The maximum atomic E-state index is 7.50. The third kappa shape index (κ3) is 2.95. The van der Waals surface area contributed by atoms with Crippen LogP contribution in [0.3, 0.4) is 0 Å². The number of benzene rings is 1. The molecular formula is C11H9ClN4S. The van der Waals surface area contributed by atoms with Gasteiger partial charge in [0.25, 0.3) is 0 Å². The van der Waals surface area contributed by atoms with Gasteiger partial charge >= 0.3 is 0 Å². The van der Waals surface area contributed by atoms with Crippen molar-refractivity contribution < 1.29 is 0 Å². The van der Waals surface area contributed by atoms with Crippen molar-refractivity contribution in [3.05, 3.63) is 47.4 Å². The average molecular weight is 265 g/mol. The second-order valence-electron chi connectivity index (χ2n) is 3.20. The van der Waals surface area contributed by atoms with E-state index in [9.17, 15) is 0 Å². The third-order valence-corrected chi connectivity index (χ3v) is 3.20. The highest BCUT2D eigenvalue weighted by Crippen LogP contribution is 2.30. The van der Waals surface area contributed by atoms with E-state index in [-0.39, 0.29) is 5.84 Å². The summed E-state index contributed by atoms with van der Waals surface area (Å²) in [6, 6.07) is 5.19. The molecule has 0 aliphatic heterocycles. The van der Waals surface area contributed by atoms with Gasteiger partial charge in [0.1, 0.15) is 10.9 Å². The monoisotopic (exact) mass is 264 g/mol. The van der Waals surface area contributed by atoms with Gasteiger partial charge in [0.15, 0.2) is 0 Å². The van der Waals surface area contributed by atoms with E-state index in [0.717, 1.165) is 9.92 Å². The molecule has 0 aliphatic rings. The number of nitrogens with two attached hydrogens (primary N) is 1. The fourth-order valence-electron chi connectivity index (χ4n) is 1.25. The molecule has 86 valence electrons. The summed E-state index contributed by atoms with van der Waals surface area (Å²) in [5, 5.41) is 8.83. The number of nitrogens with zero attached hydrogens (tertiary/aromatic N) is 2. The van der Waals surface area contributed by atoms with E-state index in [2.05, 4.69) is 9.97 Å². The molecule has 4 nitrogen and oxygen atoms in total. The number of halogens is 1. The lowest BCUT2D eigenvalue weighted by Gasteiger charge is -2.07. The van der Waals surface area contributed by atoms with Gasteiger partial charge in [-0.1, -0.05) is 23.4 Å². The Morgan fingerprint density at radius 3 is 2.82 bits per heavy atom. The molecule has 1 heterocycles. The van der Waals surface area contributed by atoms with Crippen molar-refractivity contribution >= 4 is 29.2 Å². The number of amidine groups is 1. The SMILES string of the molecule is N=C(N)c1ccc(Cl)cc1Sc1cnccn1. The first-order valence-electron chi connectivity index (χ1n) is 4.74. The normalized spacial score (nSPS) is 10.2. The van der Waals surface area contributed by atoms with Gasteiger partial charge in [0.2, 0.25) is 0 Å². The summed E-state index contributed by atoms with van der Waals surface area (Å²) in [5.74, 6) is 0.00746. The minimum atomic E-state index is 0.00746. The van der Waals surface area contributed by atoms with E-state index >= 15 is 0 Å². The summed E-state index contributed by atoms with van der Waals surface area (Å²) in [6.07, 6.45) is 4.86. The van der Waals surface area contributed by atoms with Crippen LogP contribution in [0.25, 0.3) is 0 Å². The largest absolute Gasteiger partial charge is 0.384 e. The van der Waals surface area contributed by atoms with Crippen LogP contribution in [0.4, 0.5) is 0 Å². The maximum absolute atomic E-state index is 7.50. The molecule has 0 aliphatic carbocycles. The van der Waals surface area contributed by atoms with Crippen LogP contribution in [0, 0.1) is 5.41 Å².